The number of alkyl halides is 6. The van der Waals surface area contributed by atoms with Gasteiger partial charge in [0.05, 0.1) is 25.7 Å². The average Bonchev–Trinajstić information content (AvgIpc) is 1.65. The minimum atomic E-state index is -3.83. The highest BCUT2D eigenvalue weighted by Gasteiger charge is 2.61. The number of likely N-dealkylation sites (tertiary alicyclic amines) is 2. The second-order valence-corrected chi connectivity index (χ2v) is 24.4. The average molecular weight is 1340 g/mol. The van der Waals surface area contributed by atoms with Crippen molar-refractivity contribution in [1.29, 1.82) is 0 Å². The van der Waals surface area contributed by atoms with Crippen LogP contribution in [0.25, 0.3) is 0 Å². The van der Waals surface area contributed by atoms with E-state index in [9.17, 15) is 80.0 Å². The number of carboxylic acids is 1. The van der Waals surface area contributed by atoms with Crippen molar-refractivity contribution in [2.24, 2.45) is 17.8 Å². The van der Waals surface area contributed by atoms with Crippen LogP contribution in [0.1, 0.15) is 98.8 Å². The van der Waals surface area contributed by atoms with Crippen molar-refractivity contribution in [1.82, 2.24) is 43.8 Å². The molecule has 3 aromatic rings. The summed E-state index contributed by atoms with van der Waals surface area (Å²) in [6.07, 6.45) is -12.3. The molecular formula is C55H78F6N12O20. The molecule has 0 bridgehead atoms. The Kier molecular flexibility index (Phi) is 24.7. The number of nitrogens with zero attached hydrogens (tertiary/aromatic N) is 8. The number of nitrogen functional groups attached to an aromatic ring is 1. The molecule has 520 valence electrons. The van der Waals surface area contributed by atoms with Gasteiger partial charge in [-0.2, -0.15) is 41.3 Å². The number of aliphatic carboxylic acids is 1. The number of nitrogens with two attached hydrogens (primary N) is 1. The fourth-order valence-corrected chi connectivity index (χ4v) is 10.1. The van der Waals surface area contributed by atoms with E-state index in [0.29, 0.717) is 78.4 Å². The number of ether oxygens (including phenoxy) is 5. The van der Waals surface area contributed by atoms with Crippen LogP contribution in [0.5, 0.6) is 0 Å². The summed E-state index contributed by atoms with van der Waals surface area (Å²) in [7, 11) is 0. The summed E-state index contributed by atoms with van der Waals surface area (Å²) < 4.78 is 111. The van der Waals surface area contributed by atoms with Gasteiger partial charge >= 0.3 is 53.0 Å². The lowest BCUT2D eigenvalue weighted by Crippen LogP contribution is -2.44. The molecular weight excluding hydrogens is 1260 g/mol. The van der Waals surface area contributed by atoms with Crippen LogP contribution in [0.4, 0.5) is 53.4 Å². The van der Waals surface area contributed by atoms with E-state index in [2.05, 4.69) is 30.9 Å². The summed E-state index contributed by atoms with van der Waals surface area (Å²) in [5.74, 6) is -14.0. The van der Waals surface area contributed by atoms with Crippen molar-refractivity contribution in [3.05, 3.63) is 68.2 Å². The van der Waals surface area contributed by atoms with Gasteiger partial charge in [0.15, 0.2) is 18.3 Å². The quantitative estimate of drug-likeness (QED) is 0.114. The van der Waals surface area contributed by atoms with E-state index in [1.54, 1.807) is 25.7 Å². The third-order valence-corrected chi connectivity index (χ3v) is 15.2. The molecule has 38 heteroatoms. The summed E-state index contributed by atoms with van der Waals surface area (Å²) >= 11 is 0. The molecule has 3 aromatic heterocycles. The number of carbonyl (C=O) groups is 5. The zero-order valence-electron chi connectivity index (χ0n) is 51.4. The molecule has 6 fully saturated rings. The zero-order valence-corrected chi connectivity index (χ0v) is 51.4. The van der Waals surface area contributed by atoms with E-state index in [-0.39, 0.29) is 41.3 Å². The minimum Gasteiger partial charge on any atom is -0.481 e. The summed E-state index contributed by atoms with van der Waals surface area (Å²) in [5.41, 5.74) is 0.899. The molecule has 0 aliphatic carbocycles. The first-order valence-corrected chi connectivity index (χ1v) is 29.4. The molecule has 9 atom stereocenters. The van der Waals surface area contributed by atoms with Crippen LogP contribution < -0.4 is 38.8 Å². The van der Waals surface area contributed by atoms with Gasteiger partial charge in [0.25, 0.3) is 0 Å². The Bertz CT molecular complexity index is 3260. The number of rotatable bonds is 11. The molecule has 6 saturated heterocycles. The summed E-state index contributed by atoms with van der Waals surface area (Å²) in [6, 6.07) is 3.52. The standard InChI is InChI=1S/C20H28F2N4O7.C15H20F2N4O5.C11H19NO4.C9H11F2N3O4/c1-19(2,3)33-18(31)25-7-4-11(5-8-25)15(29)23-13-6-9-26(17(30)24-13)16-20(21,22)14(28)12(10-27)32-16;16-15(17)11(23)9(7-22)26-13(15)21-6-3-10(20-14(21)25)19-12(24)8-1-4-18-5-2-8;1-11(2,3)16-10(15)12-6-4-8(5-7-12)9(13)14;10-9(11)6(16)4(3-15)18-7(9)14-2-1-5(12)13-8(14)17/h6,9,11-12,14,16,27-28H,4-5,7-8,10H2,1-3H3,(H,23,24,29,30);3,6,8-9,11,13,18,22-23H,1-2,4-5,7H2,(H,19,20,24,25);8H,4-7H2,1-3H3,(H,13,14);1-2,4,6-7,15-16H,3H2,(H2,12,13,17)/t12-,14-,16-;9-,11-,13-;;4-,6-,7-/m11.1/s1. The summed E-state index contributed by atoms with van der Waals surface area (Å²) in [6.45, 7) is 11.3. The van der Waals surface area contributed by atoms with Gasteiger partial charge in [-0.15, -0.1) is 0 Å². The van der Waals surface area contributed by atoms with Crippen molar-refractivity contribution >= 4 is 47.4 Å². The molecule has 93 heavy (non-hydrogen) atoms. The third kappa shape index (κ3) is 18.7. The third-order valence-electron chi connectivity index (χ3n) is 15.2. The number of carboxylic acid groups (broad SMARTS) is 1. The molecule has 0 aromatic carbocycles. The fourth-order valence-electron chi connectivity index (χ4n) is 10.1. The Morgan fingerprint density at radius 2 is 0.871 bits per heavy atom. The Morgan fingerprint density at radius 1 is 0.559 bits per heavy atom. The van der Waals surface area contributed by atoms with Crippen LogP contribution in [-0.4, -0.2) is 229 Å². The van der Waals surface area contributed by atoms with Crippen molar-refractivity contribution in [2.45, 2.75) is 164 Å². The van der Waals surface area contributed by atoms with E-state index >= 15 is 0 Å². The first-order valence-electron chi connectivity index (χ1n) is 29.4. The minimum absolute atomic E-state index is 0.0460. The van der Waals surface area contributed by atoms with Gasteiger partial charge in [-0.25, -0.2) is 24.0 Å². The van der Waals surface area contributed by atoms with Crippen molar-refractivity contribution in [2.75, 3.05) is 75.5 Å². The van der Waals surface area contributed by atoms with E-state index in [4.69, 9.17) is 49.8 Å². The highest BCUT2D eigenvalue weighted by atomic mass is 19.3. The number of aliphatic hydroxyl groups is 6. The molecule has 32 nitrogen and oxygen atoms in total. The van der Waals surface area contributed by atoms with Crippen molar-refractivity contribution in [3.63, 3.8) is 0 Å². The molecule has 9 heterocycles. The lowest BCUT2D eigenvalue weighted by atomic mass is 9.96. The second kappa shape index (κ2) is 30.8. The Labute approximate surface area is 525 Å². The summed E-state index contributed by atoms with van der Waals surface area (Å²) in [5, 5.41) is 72.2. The van der Waals surface area contributed by atoms with Crippen molar-refractivity contribution in [3.8, 4) is 0 Å². The number of amides is 4. The topological polar surface area (TPSA) is 446 Å². The van der Waals surface area contributed by atoms with Crippen LogP contribution in [-0.2, 0) is 38.1 Å². The maximum Gasteiger partial charge on any atom is 0.410 e. The maximum absolute atomic E-state index is 14.3. The van der Waals surface area contributed by atoms with E-state index in [1.807, 2.05) is 20.8 Å². The number of hydrogen-bond acceptors (Lipinski definition) is 24. The van der Waals surface area contributed by atoms with Gasteiger partial charge in [0.2, 0.25) is 30.5 Å². The van der Waals surface area contributed by atoms with Gasteiger partial charge in [-0.05, 0) is 111 Å². The fraction of sp³-hybridized carbons (Fsp3) is 0.691. The lowest BCUT2D eigenvalue weighted by Gasteiger charge is -2.32. The normalized spacial score (nSPS) is 26.2. The zero-order chi connectivity index (χ0) is 69.3. The van der Waals surface area contributed by atoms with Crippen LogP contribution in [0.15, 0.2) is 51.2 Å². The molecule has 4 amide bonds. The number of anilines is 3. The maximum atomic E-state index is 14.3. The Morgan fingerprint density at radius 3 is 1.16 bits per heavy atom. The highest BCUT2D eigenvalue weighted by molar-refractivity contribution is 5.92. The Balaban J connectivity index is 0.000000205. The monoisotopic (exact) mass is 1340 g/mol. The van der Waals surface area contributed by atoms with Crippen molar-refractivity contribution < 1.29 is 110 Å². The SMILES string of the molecule is CC(C)(C)OC(=O)N1CCC(C(=O)Nc2ccn([C@@H]3O[C@H](CO)[C@@H](O)C3(F)F)c(=O)n2)CC1.CC(C)(C)OC(=O)N1CCC(C(=O)O)CC1.Nc1ccn([C@@H]2O[C@H](CO)[C@@H](O)C2(F)F)c(=O)n1.O=C(Nc1ccn([C@@H]2O[C@H](CO)[C@@H](O)C2(F)F)c(=O)n1)C1CCNCC1. The predicted molar refractivity (Wildman–Crippen MR) is 307 cm³/mol. The van der Waals surface area contributed by atoms with Crippen LogP contribution in [0, 0.1) is 17.8 Å². The number of piperidine rings is 3. The molecule has 0 unspecified atom stereocenters. The van der Waals surface area contributed by atoms with E-state index in [1.165, 1.54) is 11.0 Å². The van der Waals surface area contributed by atoms with Gasteiger partial charge in [0, 0.05) is 56.6 Å². The first-order chi connectivity index (χ1) is 43.3. The van der Waals surface area contributed by atoms with Crippen LogP contribution in [0.3, 0.4) is 0 Å². The smallest absolute Gasteiger partial charge is 0.410 e. The predicted octanol–water partition coefficient (Wildman–Crippen LogP) is 0.212. The van der Waals surface area contributed by atoms with E-state index in [0.717, 1.165) is 43.8 Å². The number of nitrogens with one attached hydrogen (secondary N) is 3. The number of aromatic nitrogens is 6. The van der Waals surface area contributed by atoms with Crippen LogP contribution >= 0.6 is 0 Å². The Hall–Kier alpha value is -7.43. The van der Waals surface area contributed by atoms with Gasteiger partial charge in [-0.3, -0.25) is 28.1 Å². The second-order valence-electron chi connectivity index (χ2n) is 24.4. The van der Waals surface area contributed by atoms with Gasteiger partial charge < -0.3 is 90.9 Å². The summed E-state index contributed by atoms with van der Waals surface area (Å²) in [4.78, 5) is 109. The van der Waals surface area contributed by atoms with Gasteiger partial charge in [-0.1, -0.05) is 0 Å². The molecule has 0 spiro atoms. The number of carbonyl (C=O) groups excluding carboxylic acids is 4. The number of aliphatic hydroxyl groups excluding tert-OH is 6. The van der Waals surface area contributed by atoms with E-state index < -0.39 is 145 Å². The molecule has 6 aliphatic rings. The lowest BCUT2D eigenvalue weighted by molar-refractivity contribution is -0.143. The number of halogens is 6. The molecule has 0 saturated carbocycles. The molecule has 6 aliphatic heterocycles. The molecule has 0 radical (unpaired) electrons. The van der Waals surface area contributed by atoms with Crippen LogP contribution in [0.2, 0.25) is 0 Å². The first kappa shape index (κ1) is 74.6. The highest BCUT2D eigenvalue weighted by Crippen LogP contribution is 2.44. The molecule has 9 rings (SSSR count). The number of hydrogen-bond donors (Lipinski definition) is 11. The van der Waals surface area contributed by atoms with Gasteiger partial charge in [0.1, 0.15) is 47.0 Å². The largest absolute Gasteiger partial charge is 0.481 e. The molecule has 12 N–H and O–H groups in total.